The molecule has 0 spiro atoms. The van der Waals surface area contributed by atoms with Crippen molar-refractivity contribution < 1.29 is 9.18 Å². The maximum absolute atomic E-state index is 13.7. The summed E-state index contributed by atoms with van der Waals surface area (Å²) in [5, 5.41) is 2.81. The van der Waals surface area contributed by atoms with E-state index in [-0.39, 0.29) is 11.8 Å². The van der Waals surface area contributed by atoms with Crippen molar-refractivity contribution in [1.82, 2.24) is 24.4 Å². The van der Waals surface area contributed by atoms with Crippen LogP contribution in [0.25, 0.3) is 5.82 Å². The monoisotopic (exact) mass is 409 g/mol. The molecule has 8 nitrogen and oxygen atoms in total. The van der Waals surface area contributed by atoms with E-state index < -0.39 is 0 Å². The van der Waals surface area contributed by atoms with Crippen LogP contribution in [0, 0.1) is 26.6 Å². The van der Waals surface area contributed by atoms with Gasteiger partial charge in [0, 0.05) is 49.2 Å². The zero-order valence-electron chi connectivity index (χ0n) is 17.3. The average molecular weight is 409 g/mol. The number of urea groups is 1. The van der Waals surface area contributed by atoms with E-state index >= 15 is 0 Å². The van der Waals surface area contributed by atoms with Crippen LogP contribution in [-0.2, 0) is 0 Å². The number of hydrogen-bond acceptors (Lipinski definition) is 5. The summed E-state index contributed by atoms with van der Waals surface area (Å²) in [4.78, 5) is 29.5. The molecule has 1 saturated heterocycles. The summed E-state index contributed by atoms with van der Waals surface area (Å²) in [5.41, 5.74) is 2.93. The molecule has 1 aliphatic rings. The van der Waals surface area contributed by atoms with E-state index in [0.717, 1.165) is 23.0 Å². The molecule has 156 valence electrons. The fourth-order valence-corrected chi connectivity index (χ4v) is 3.45. The molecule has 3 heterocycles. The highest BCUT2D eigenvalue weighted by Gasteiger charge is 2.23. The van der Waals surface area contributed by atoms with Crippen molar-refractivity contribution in [3.63, 3.8) is 0 Å². The summed E-state index contributed by atoms with van der Waals surface area (Å²) in [5.74, 6) is 1.24. The minimum absolute atomic E-state index is 0.226. The summed E-state index contributed by atoms with van der Waals surface area (Å²) in [6.45, 7) is 8.00. The Morgan fingerprint density at radius 3 is 2.47 bits per heavy atom. The van der Waals surface area contributed by atoms with Crippen LogP contribution < -0.4 is 10.2 Å². The van der Waals surface area contributed by atoms with Gasteiger partial charge in [-0.3, -0.25) is 4.57 Å². The second kappa shape index (κ2) is 8.10. The number of nitrogens with zero attached hydrogens (tertiary/aromatic N) is 6. The zero-order valence-corrected chi connectivity index (χ0v) is 17.3. The van der Waals surface area contributed by atoms with Crippen molar-refractivity contribution in [3.8, 4) is 5.82 Å². The van der Waals surface area contributed by atoms with E-state index in [1.54, 1.807) is 36.6 Å². The topological polar surface area (TPSA) is 79.2 Å². The fourth-order valence-electron chi connectivity index (χ4n) is 3.45. The van der Waals surface area contributed by atoms with Gasteiger partial charge in [-0.05, 0) is 32.9 Å². The minimum Gasteiger partial charge on any atom is -0.353 e. The molecule has 9 heteroatoms. The summed E-state index contributed by atoms with van der Waals surface area (Å²) < 4.78 is 15.6. The Hall–Kier alpha value is -3.49. The average Bonchev–Trinajstić information content (AvgIpc) is 3.10. The van der Waals surface area contributed by atoms with E-state index in [9.17, 15) is 9.18 Å². The molecule has 1 N–H and O–H groups in total. The van der Waals surface area contributed by atoms with Crippen molar-refractivity contribution in [2.24, 2.45) is 0 Å². The quantitative estimate of drug-likeness (QED) is 0.719. The first-order valence-corrected chi connectivity index (χ1v) is 9.83. The standard InChI is InChI=1S/C21H24FN7O/c1-14-17(22)5-4-6-18(14)26-21(30)28-9-7-27(8-10-28)19-11-20(24-12-23-19)29-13-25-15(2)16(29)3/h4-6,11-13H,7-10H2,1-3H3,(H,26,30). The molecule has 0 unspecified atom stereocenters. The van der Waals surface area contributed by atoms with Crippen LogP contribution in [0.5, 0.6) is 0 Å². The Morgan fingerprint density at radius 1 is 1.03 bits per heavy atom. The van der Waals surface area contributed by atoms with Gasteiger partial charge in [-0.2, -0.15) is 0 Å². The number of imidazole rings is 1. The lowest BCUT2D eigenvalue weighted by molar-refractivity contribution is 0.208. The Balaban J connectivity index is 1.41. The molecule has 2 aromatic heterocycles. The van der Waals surface area contributed by atoms with Crippen LogP contribution in [0.15, 0.2) is 36.9 Å². The van der Waals surface area contributed by atoms with Crippen molar-refractivity contribution in [1.29, 1.82) is 0 Å². The SMILES string of the molecule is Cc1ncn(-c2cc(N3CCN(C(=O)Nc4cccc(F)c4C)CC3)ncn2)c1C. The number of aromatic nitrogens is 4. The lowest BCUT2D eigenvalue weighted by atomic mass is 10.2. The van der Waals surface area contributed by atoms with Crippen LogP contribution in [0.2, 0.25) is 0 Å². The van der Waals surface area contributed by atoms with E-state index in [0.29, 0.717) is 37.4 Å². The summed E-state index contributed by atoms with van der Waals surface area (Å²) >= 11 is 0. The molecule has 1 fully saturated rings. The van der Waals surface area contributed by atoms with Gasteiger partial charge < -0.3 is 15.1 Å². The predicted octanol–water partition coefficient (Wildman–Crippen LogP) is 3.08. The second-order valence-electron chi connectivity index (χ2n) is 7.34. The molecule has 0 bridgehead atoms. The van der Waals surface area contributed by atoms with Gasteiger partial charge in [-0.25, -0.2) is 24.1 Å². The van der Waals surface area contributed by atoms with Crippen molar-refractivity contribution in [2.75, 3.05) is 36.4 Å². The maximum atomic E-state index is 13.7. The number of halogens is 1. The number of piperazine rings is 1. The number of hydrogen-bond donors (Lipinski definition) is 1. The number of rotatable bonds is 3. The van der Waals surface area contributed by atoms with Crippen LogP contribution in [0.4, 0.5) is 20.7 Å². The number of carbonyl (C=O) groups is 1. The van der Waals surface area contributed by atoms with Gasteiger partial charge in [-0.1, -0.05) is 6.07 Å². The highest BCUT2D eigenvalue weighted by Crippen LogP contribution is 2.20. The molecular formula is C21H24FN7O. The normalized spacial score (nSPS) is 14.1. The first-order valence-electron chi connectivity index (χ1n) is 9.83. The van der Waals surface area contributed by atoms with E-state index in [4.69, 9.17) is 0 Å². The highest BCUT2D eigenvalue weighted by molar-refractivity contribution is 5.90. The summed E-state index contributed by atoms with van der Waals surface area (Å²) in [6.07, 6.45) is 3.30. The van der Waals surface area contributed by atoms with Gasteiger partial charge in [0.2, 0.25) is 0 Å². The largest absolute Gasteiger partial charge is 0.353 e. The third-order valence-corrected chi connectivity index (χ3v) is 5.54. The number of amides is 2. The molecule has 0 aliphatic carbocycles. The van der Waals surface area contributed by atoms with E-state index in [1.165, 1.54) is 6.07 Å². The number of nitrogens with one attached hydrogen (secondary N) is 1. The van der Waals surface area contributed by atoms with Crippen LogP contribution in [-0.4, -0.2) is 56.6 Å². The summed E-state index contributed by atoms with van der Waals surface area (Å²) in [7, 11) is 0. The predicted molar refractivity (Wildman–Crippen MR) is 113 cm³/mol. The van der Waals surface area contributed by atoms with Crippen LogP contribution in [0.3, 0.4) is 0 Å². The molecule has 30 heavy (non-hydrogen) atoms. The molecule has 1 aromatic carbocycles. The first kappa shape index (κ1) is 19.8. The molecular weight excluding hydrogens is 385 g/mol. The van der Waals surface area contributed by atoms with Crippen LogP contribution >= 0.6 is 0 Å². The van der Waals surface area contributed by atoms with Gasteiger partial charge in [0.15, 0.2) is 0 Å². The Kier molecular flexibility index (Phi) is 5.35. The molecule has 1 aliphatic heterocycles. The third kappa shape index (κ3) is 3.83. The van der Waals surface area contributed by atoms with Gasteiger partial charge >= 0.3 is 6.03 Å². The highest BCUT2D eigenvalue weighted by atomic mass is 19.1. The van der Waals surface area contributed by atoms with Gasteiger partial charge in [0.1, 0.15) is 30.1 Å². The molecule has 2 amide bonds. The molecule has 0 atom stereocenters. The van der Waals surface area contributed by atoms with Crippen molar-refractivity contribution in [2.45, 2.75) is 20.8 Å². The Labute approximate surface area is 174 Å². The molecule has 0 saturated carbocycles. The van der Waals surface area contributed by atoms with Crippen molar-refractivity contribution >= 4 is 17.5 Å². The van der Waals surface area contributed by atoms with Gasteiger partial charge in [0.05, 0.1) is 5.69 Å². The van der Waals surface area contributed by atoms with Gasteiger partial charge in [-0.15, -0.1) is 0 Å². The summed E-state index contributed by atoms with van der Waals surface area (Å²) in [6, 6.07) is 6.38. The number of carbonyl (C=O) groups excluding carboxylic acids is 1. The van der Waals surface area contributed by atoms with Crippen LogP contribution in [0.1, 0.15) is 17.0 Å². The first-order chi connectivity index (χ1) is 14.4. The van der Waals surface area contributed by atoms with E-state index in [2.05, 4.69) is 25.2 Å². The minimum atomic E-state index is -0.333. The smallest absolute Gasteiger partial charge is 0.321 e. The maximum Gasteiger partial charge on any atom is 0.321 e. The van der Waals surface area contributed by atoms with E-state index in [1.807, 2.05) is 24.5 Å². The number of aryl methyl sites for hydroxylation is 1. The Morgan fingerprint density at radius 2 is 1.77 bits per heavy atom. The molecule has 3 aromatic rings. The zero-order chi connectivity index (χ0) is 21.3. The number of benzene rings is 1. The molecule has 0 radical (unpaired) electrons. The fraction of sp³-hybridized carbons (Fsp3) is 0.333. The second-order valence-corrected chi connectivity index (χ2v) is 7.34. The third-order valence-electron chi connectivity index (χ3n) is 5.54. The van der Waals surface area contributed by atoms with Crippen molar-refractivity contribution in [3.05, 3.63) is 59.7 Å². The van der Waals surface area contributed by atoms with Gasteiger partial charge in [0.25, 0.3) is 0 Å². The molecule has 4 rings (SSSR count). The Bertz CT molecular complexity index is 1070. The lowest BCUT2D eigenvalue weighted by Gasteiger charge is -2.35. The number of anilines is 2. The lowest BCUT2D eigenvalue weighted by Crippen LogP contribution is -2.50.